The Morgan fingerprint density at radius 3 is 2.45 bits per heavy atom. The SMILES string of the molecule is CC(C)CC(C)N(C)c1ccncc1CNC(C)(C)C. The maximum atomic E-state index is 4.28. The first-order chi connectivity index (χ1) is 9.20. The molecule has 1 N–H and O–H groups in total. The molecule has 0 aliphatic rings. The van der Waals surface area contributed by atoms with Crippen LogP contribution in [-0.4, -0.2) is 23.6 Å². The topological polar surface area (TPSA) is 28.2 Å². The van der Waals surface area contributed by atoms with Crippen LogP contribution in [-0.2, 0) is 6.54 Å². The number of anilines is 1. The molecule has 0 aromatic carbocycles. The van der Waals surface area contributed by atoms with Crippen LogP contribution in [0.5, 0.6) is 0 Å². The Kier molecular flexibility index (Phi) is 6.00. The van der Waals surface area contributed by atoms with E-state index in [4.69, 9.17) is 0 Å². The zero-order valence-electron chi connectivity index (χ0n) is 14.2. The standard InChI is InChI=1S/C17H31N3/c1-13(2)10-14(3)20(7)16-8-9-18-11-15(16)12-19-17(4,5)6/h8-9,11,13-14,19H,10,12H2,1-7H3. The van der Waals surface area contributed by atoms with Gasteiger partial charge in [0.15, 0.2) is 0 Å². The van der Waals surface area contributed by atoms with E-state index in [1.807, 2.05) is 12.4 Å². The first-order valence-electron chi connectivity index (χ1n) is 7.61. The minimum absolute atomic E-state index is 0.120. The minimum Gasteiger partial charge on any atom is -0.372 e. The van der Waals surface area contributed by atoms with Gasteiger partial charge in [0.2, 0.25) is 0 Å². The lowest BCUT2D eigenvalue weighted by atomic mass is 10.0. The summed E-state index contributed by atoms with van der Waals surface area (Å²) in [6, 6.07) is 2.65. The Balaban J connectivity index is 2.83. The third kappa shape index (κ3) is 5.49. The van der Waals surface area contributed by atoms with Gasteiger partial charge in [0, 0.05) is 48.8 Å². The molecule has 0 aliphatic carbocycles. The van der Waals surface area contributed by atoms with Crippen LogP contribution in [0.3, 0.4) is 0 Å². The first kappa shape index (κ1) is 17.0. The number of aromatic nitrogens is 1. The molecule has 0 spiro atoms. The Bertz CT molecular complexity index is 407. The van der Waals surface area contributed by atoms with Gasteiger partial charge < -0.3 is 10.2 Å². The molecule has 1 heterocycles. The molecule has 1 rings (SSSR count). The van der Waals surface area contributed by atoms with Crippen molar-refractivity contribution in [3.05, 3.63) is 24.0 Å². The van der Waals surface area contributed by atoms with Crippen LogP contribution in [0.25, 0.3) is 0 Å². The summed E-state index contributed by atoms with van der Waals surface area (Å²) >= 11 is 0. The van der Waals surface area contributed by atoms with Gasteiger partial charge in [-0.1, -0.05) is 13.8 Å². The monoisotopic (exact) mass is 277 g/mol. The van der Waals surface area contributed by atoms with E-state index in [1.165, 1.54) is 17.7 Å². The van der Waals surface area contributed by atoms with Gasteiger partial charge in [-0.2, -0.15) is 0 Å². The van der Waals surface area contributed by atoms with Crippen molar-refractivity contribution in [1.82, 2.24) is 10.3 Å². The molecule has 0 bridgehead atoms. The fourth-order valence-electron chi connectivity index (χ4n) is 2.34. The maximum absolute atomic E-state index is 4.28. The fraction of sp³-hybridized carbons (Fsp3) is 0.706. The zero-order chi connectivity index (χ0) is 15.3. The highest BCUT2D eigenvalue weighted by Gasteiger charge is 2.16. The lowest BCUT2D eigenvalue weighted by molar-refractivity contribution is 0.423. The van der Waals surface area contributed by atoms with E-state index in [1.54, 1.807) is 0 Å². The molecule has 1 unspecified atom stereocenters. The molecule has 3 heteroatoms. The summed E-state index contributed by atoms with van der Waals surface area (Å²) < 4.78 is 0. The summed E-state index contributed by atoms with van der Waals surface area (Å²) in [5.74, 6) is 0.713. The quantitative estimate of drug-likeness (QED) is 0.856. The van der Waals surface area contributed by atoms with Gasteiger partial charge >= 0.3 is 0 Å². The van der Waals surface area contributed by atoms with Crippen molar-refractivity contribution in [1.29, 1.82) is 0 Å². The highest BCUT2D eigenvalue weighted by Crippen LogP contribution is 2.23. The molecule has 0 aliphatic heterocycles. The highest BCUT2D eigenvalue weighted by molar-refractivity contribution is 5.52. The number of hydrogen-bond donors (Lipinski definition) is 1. The van der Waals surface area contributed by atoms with Crippen LogP contribution >= 0.6 is 0 Å². The third-order valence-electron chi connectivity index (χ3n) is 3.54. The van der Waals surface area contributed by atoms with Crippen LogP contribution in [0.1, 0.15) is 53.5 Å². The first-order valence-corrected chi connectivity index (χ1v) is 7.61. The molecule has 0 saturated carbocycles. The van der Waals surface area contributed by atoms with E-state index in [-0.39, 0.29) is 5.54 Å². The van der Waals surface area contributed by atoms with Crippen molar-refractivity contribution in [2.24, 2.45) is 5.92 Å². The fourth-order valence-corrected chi connectivity index (χ4v) is 2.34. The molecular formula is C17H31N3. The molecule has 0 saturated heterocycles. The summed E-state index contributed by atoms with van der Waals surface area (Å²) in [6.45, 7) is 14.3. The van der Waals surface area contributed by atoms with Crippen LogP contribution in [0, 0.1) is 5.92 Å². The number of nitrogens with one attached hydrogen (secondary N) is 1. The van der Waals surface area contributed by atoms with Gasteiger partial charge in [-0.3, -0.25) is 4.98 Å². The van der Waals surface area contributed by atoms with Crippen LogP contribution < -0.4 is 10.2 Å². The highest BCUT2D eigenvalue weighted by atomic mass is 15.1. The largest absolute Gasteiger partial charge is 0.372 e. The van der Waals surface area contributed by atoms with Gasteiger partial charge in [0.25, 0.3) is 0 Å². The molecule has 114 valence electrons. The van der Waals surface area contributed by atoms with Crippen LogP contribution in [0.4, 0.5) is 5.69 Å². The number of nitrogens with zero attached hydrogens (tertiary/aromatic N) is 2. The number of hydrogen-bond acceptors (Lipinski definition) is 3. The average Bonchev–Trinajstić information content (AvgIpc) is 2.34. The zero-order valence-corrected chi connectivity index (χ0v) is 14.2. The summed E-state index contributed by atoms with van der Waals surface area (Å²) in [6.07, 6.45) is 5.06. The van der Waals surface area contributed by atoms with Gasteiger partial charge in [-0.15, -0.1) is 0 Å². The van der Waals surface area contributed by atoms with Crippen molar-refractivity contribution in [2.75, 3.05) is 11.9 Å². The van der Waals surface area contributed by atoms with Crippen molar-refractivity contribution < 1.29 is 0 Å². The summed E-state index contributed by atoms with van der Waals surface area (Å²) in [5.41, 5.74) is 2.67. The molecule has 1 atom stereocenters. The van der Waals surface area contributed by atoms with E-state index in [0.29, 0.717) is 12.0 Å². The molecule has 1 aromatic rings. The predicted octanol–water partition coefficient (Wildman–Crippen LogP) is 3.84. The Labute approximate surface area is 124 Å². The molecule has 0 fully saturated rings. The summed E-state index contributed by atoms with van der Waals surface area (Å²) in [4.78, 5) is 6.66. The van der Waals surface area contributed by atoms with Crippen molar-refractivity contribution in [3.63, 3.8) is 0 Å². The molecule has 1 aromatic heterocycles. The Morgan fingerprint density at radius 1 is 1.25 bits per heavy atom. The van der Waals surface area contributed by atoms with Crippen molar-refractivity contribution in [3.8, 4) is 0 Å². The average molecular weight is 277 g/mol. The molecule has 3 nitrogen and oxygen atoms in total. The summed E-state index contributed by atoms with van der Waals surface area (Å²) in [7, 11) is 2.18. The van der Waals surface area contributed by atoms with E-state index >= 15 is 0 Å². The Hall–Kier alpha value is -1.09. The van der Waals surface area contributed by atoms with E-state index < -0.39 is 0 Å². The van der Waals surface area contributed by atoms with E-state index in [0.717, 1.165) is 6.54 Å². The van der Waals surface area contributed by atoms with Crippen molar-refractivity contribution in [2.45, 2.75) is 66.1 Å². The Morgan fingerprint density at radius 2 is 1.90 bits per heavy atom. The second-order valence-corrected chi connectivity index (χ2v) is 7.20. The molecular weight excluding hydrogens is 246 g/mol. The number of rotatable bonds is 6. The van der Waals surface area contributed by atoms with E-state index in [9.17, 15) is 0 Å². The lowest BCUT2D eigenvalue weighted by Gasteiger charge is -2.31. The smallest absolute Gasteiger partial charge is 0.0442 e. The van der Waals surface area contributed by atoms with Gasteiger partial charge in [-0.05, 0) is 46.1 Å². The lowest BCUT2D eigenvalue weighted by Crippen LogP contribution is -2.36. The second-order valence-electron chi connectivity index (χ2n) is 7.20. The van der Waals surface area contributed by atoms with Gasteiger partial charge in [-0.25, -0.2) is 0 Å². The third-order valence-corrected chi connectivity index (χ3v) is 3.54. The van der Waals surface area contributed by atoms with Crippen molar-refractivity contribution >= 4 is 5.69 Å². The van der Waals surface area contributed by atoms with Gasteiger partial charge in [0.1, 0.15) is 0 Å². The van der Waals surface area contributed by atoms with Crippen LogP contribution in [0.2, 0.25) is 0 Å². The molecule has 0 radical (unpaired) electrons. The minimum atomic E-state index is 0.120. The number of pyridine rings is 1. The normalized spacial score (nSPS) is 13.6. The van der Waals surface area contributed by atoms with Gasteiger partial charge in [0.05, 0.1) is 0 Å². The van der Waals surface area contributed by atoms with E-state index in [2.05, 4.69) is 69.9 Å². The summed E-state index contributed by atoms with van der Waals surface area (Å²) in [5, 5.41) is 3.55. The molecule has 0 amide bonds. The maximum Gasteiger partial charge on any atom is 0.0442 e. The van der Waals surface area contributed by atoms with Crippen LogP contribution in [0.15, 0.2) is 18.5 Å². The predicted molar refractivity (Wildman–Crippen MR) is 88.1 cm³/mol. The molecule has 20 heavy (non-hydrogen) atoms. The second kappa shape index (κ2) is 7.07.